The first kappa shape index (κ1) is 20.0. The summed E-state index contributed by atoms with van der Waals surface area (Å²) >= 11 is 0. The molecule has 1 saturated heterocycles. The second kappa shape index (κ2) is 7.08. The summed E-state index contributed by atoms with van der Waals surface area (Å²) in [6, 6.07) is 0.732. The van der Waals surface area contributed by atoms with Gasteiger partial charge in [-0.05, 0) is 111 Å². The summed E-state index contributed by atoms with van der Waals surface area (Å²) in [6.45, 7) is 11.3. The lowest BCUT2D eigenvalue weighted by Crippen LogP contribution is -2.52. The molecule has 1 aliphatic heterocycles. The topological polar surface area (TPSA) is 29.1 Å². The fraction of sp³-hybridized carbons (Fsp3) is 0.815. The molecule has 1 heterocycles. The highest BCUT2D eigenvalue weighted by atomic mass is 16.1. The lowest BCUT2D eigenvalue weighted by molar-refractivity contribution is -0.111. The first-order valence-electron chi connectivity index (χ1n) is 12.5. The molecule has 9 atom stereocenters. The van der Waals surface area contributed by atoms with Crippen molar-refractivity contribution in [2.45, 2.75) is 85.1 Å². The van der Waals surface area contributed by atoms with E-state index >= 15 is 0 Å². The molecule has 0 bridgehead atoms. The molecule has 0 amide bonds. The lowest BCUT2D eigenvalue weighted by Gasteiger charge is -2.57. The van der Waals surface area contributed by atoms with Crippen molar-refractivity contribution in [1.29, 1.82) is 0 Å². The van der Waals surface area contributed by atoms with Gasteiger partial charge in [0.25, 0.3) is 0 Å². The van der Waals surface area contributed by atoms with Crippen LogP contribution in [-0.4, -0.2) is 18.4 Å². The van der Waals surface area contributed by atoms with Gasteiger partial charge >= 0.3 is 0 Å². The fourth-order valence-corrected chi connectivity index (χ4v) is 8.85. The molecule has 29 heavy (non-hydrogen) atoms. The Bertz CT molecular complexity index is 729. The molecule has 1 N–H and O–H groups in total. The minimum Gasteiger partial charge on any atom is -0.313 e. The average molecular weight is 396 g/mol. The maximum absolute atomic E-state index is 12.0. The van der Waals surface area contributed by atoms with Gasteiger partial charge in [-0.15, -0.1) is 0 Å². The highest BCUT2D eigenvalue weighted by Gasteiger charge is 2.59. The van der Waals surface area contributed by atoms with E-state index in [1.54, 1.807) is 0 Å². The van der Waals surface area contributed by atoms with Crippen molar-refractivity contribution in [2.24, 2.45) is 46.3 Å². The predicted molar refractivity (Wildman–Crippen MR) is 119 cm³/mol. The molecule has 0 aromatic rings. The minimum absolute atomic E-state index is 0.142. The van der Waals surface area contributed by atoms with Crippen molar-refractivity contribution in [3.8, 4) is 0 Å². The summed E-state index contributed by atoms with van der Waals surface area (Å²) in [7, 11) is 0. The summed E-state index contributed by atoms with van der Waals surface area (Å²) in [5.41, 5.74) is 2.10. The van der Waals surface area contributed by atoms with Gasteiger partial charge in [0.2, 0.25) is 0 Å². The summed E-state index contributed by atoms with van der Waals surface area (Å²) in [6.07, 6.45) is 17.0. The molecule has 5 aliphatic rings. The number of fused-ring (bicyclic) bond motifs is 5. The molecule has 3 unspecified atom stereocenters. The third kappa shape index (κ3) is 3.03. The van der Waals surface area contributed by atoms with Crippen molar-refractivity contribution < 1.29 is 4.79 Å². The lowest BCUT2D eigenvalue weighted by atomic mass is 9.47. The number of hydrogen-bond donors (Lipinski definition) is 1. The first-order valence-corrected chi connectivity index (χ1v) is 12.5. The quantitative estimate of drug-likeness (QED) is 0.627. The van der Waals surface area contributed by atoms with Crippen molar-refractivity contribution in [3.05, 3.63) is 23.8 Å². The van der Waals surface area contributed by atoms with E-state index in [9.17, 15) is 4.79 Å². The van der Waals surface area contributed by atoms with Crippen LogP contribution < -0.4 is 5.32 Å². The second-order valence-electron chi connectivity index (χ2n) is 11.9. The molecule has 4 aliphatic carbocycles. The number of carbonyl (C=O) groups excluding carboxylic acids is 1. The van der Waals surface area contributed by atoms with Crippen LogP contribution in [-0.2, 0) is 4.79 Å². The highest BCUT2D eigenvalue weighted by molar-refractivity contribution is 6.01. The molecule has 2 heteroatoms. The van der Waals surface area contributed by atoms with Gasteiger partial charge in [0.05, 0.1) is 0 Å². The van der Waals surface area contributed by atoms with Gasteiger partial charge < -0.3 is 5.32 Å². The van der Waals surface area contributed by atoms with Crippen molar-refractivity contribution in [3.63, 3.8) is 0 Å². The Morgan fingerprint density at radius 2 is 1.90 bits per heavy atom. The van der Waals surface area contributed by atoms with Crippen LogP contribution in [0.1, 0.15) is 79.1 Å². The zero-order valence-electron chi connectivity index (χ0n) is 19.0. The maximum Gasteiger partial charge on any atom is 0.178 e. The Hall–Kier alpha value is -0.890. The number of rotatable bonds is 2. The molecular weight excluding hydrogens is 354 g/mol. The van der Waals surface area contributed by atoms with Crippen LogP contribution in [0.5, 0.6) is 0 Å². The Morgan fingerprint density at radius 1 is 1.07 bits per heavy atom. The summed E-state index contributed by atoms with van der Waals surface area (Å²) in [5.74, 6) is 5.23. The van der Waals surface area contributed by atoms with Crippen LogP contribution in [0.25, 0.3) is 0 Å². The number of hydrogen-bond acceptors (Lipinski definition) is 2. The van der Waals surface area contributed by atoms with Crippen LogP contribution in [0.3, 0.4) is 0 Å². The van der Waals surface area contributed by atoms with Crippen LogP contribution >= 0.6 is 0 Å². The molecule has 3 saturated carbocycles. The van der Waals surface area contributed by atoms with Gasteiger partial charge in [0.15, 0.2) is 5.78 Å². The Labute approximate surface area is 178 Å². The van der Waals surface area contributed by atoms with Crippen LogP contribution in [0.2, 0.25) is 0 Å². The third-order valence-corrected chi connectivity index (χ3v) is 10.6. The SMILES string of the molecule is CC1CCC(C(C)[C@H]2CC[C@H]3[C@@H]4CCC5=CC(=O)C=C[C@]5(C)[C@H]4CC[C@]23C)NC1. The van der Waals surface area contributed by atoms with Gasteiger partial charge in [-0.1, -0.05) is 39.3 Å². The van der Waals surface area contributed by atoms with Gasteiger partial charge in [0.1, 0.15) is 0 Å². The molecule has 160 valence electrons. The molecule has 0 radical (unpaired) electrons. The van der Waals surface area contributed by atoms with Gasteiger partial charge in [-0.2, -0.15) is 0 Å². The van der Waals surface area contributed by atoms with E-state index in [2.05, 4.69) is 39.1 Å². The predicted octanol–water partition coefficient (Wildman–Crippen LogP) is 5.93. The number of allylic oxidation sites excluding steroid dienone is 4. The minimum atomic E-state index is 0.142. The number of nitrogens with one attached hydrogen (secondary N) is 1. The third-order valence-electron chi connectivity index (χ3n) is 10.6. The zero-order chi connectivity index (χ0) is 20.4. The van der Waals surface area contributed by atoms with E-state index in [-0.39, 0.29) is 11.2 Å². The van der Waals surface area contributed by atoms with Crippen LogP contribution in [0.15, 0.2) is 23.8 Å². The van der Waals surface area contributed by atoms with Crippen LogP contribution in [0, 0.1) is 46.3 Å². The molecule has 0 spiro atoms. The normalized spacial score (nSPS) is 50.3. The van der Waals surface area contributed by atoms with E-state index < -0.39 is 0 Å². The Morgan fingerprint density at radius 3 is 2.66 bits per heavy atom. The number of carbonyl (C=O) groups is 1. The first-order chi connectivity index (χ1) is 13.8. The van der Waals surface area contributed by atoms with Gasteiger partial charge in [-0.25, -0.2) is 0 Å². The molecule has 0 aromatic carbocycles. The monoisotopic (exact) mass is 395 g/mol. The van der Waals surface area contributed by atoms with Crippen molar-refractivity contribution >= 4 is 5.78 Å². The summed E-state index contributed by atoms with van der Waals surface area (Å²) in [4.78, 5) is 12.0. The van der Waals surface area contributed by atoms with Crippen molar-refractivity contribution in [2.75, 3.05) is 6.54 Å². The smallest absolute Gasteiger partial charge is 0.178 e. The molecule has 2 nitrogen and oxygen atoms in total. The largest absolute Gasteiger partial charge is 0.313 e. The fourth-order valence-electron chi connectivity index (χ4n) is 8.85. The maximum atomic E-state index is 12.0. The molecule has 5 rings (SSSR count). The average Bonchev–Trinajstić information content (AvgIpc) is 3.06. The molecular formula is C27H41NO. The highest BCUT2D eigenvalue weighted by Crippen LogP contribution is 2.67. The number of piperidine rings is 1. The van der Waals surface area contributed by atoms with E-state index in [0.717, 1.165) is 48.0 Å². The van der Waals surface area contributed by atoms with E-state index in [4.69, 9.17) is 0 Å². The Balaban J connectivity index is 1.37. The second-order valence-corrected chi connectivity index (χ2v) is 11.9. The van der Waals surface area contributed by atoms with Crippen LogP contribution in [0.4, 0.5) is 0 Å². The zero-order valence-corrected chi connectivity index (χ0v) is 19.0. The van der Waals surface area contributed by atoms with Gasteiger partial charge in [0, 0.05) is 11.5 Å². The summed E-state index contributed by atoms with van der Waals surface area (Å²) < 4.78 is 0. The number of ketones is 1. The van der Waals surface area contributed by atoms with E-state index in [1.807, 2.05) is 12.2 Å². The Kier molecular flexibility index (Phi) is 4.89. The van der Waals surface area contributed by atoms with E-state index in [1.165, 1.54) is 57.1 Å². The van der Waals surface area contributed by atoms with E-state index in [0.29, 0.717) is 5.41 Å². The molecule has 0 aromatic heterocycles. The van der Waals surface area contributed by atoms with Crippen molar-refractivity contribution in [1.82, 2.24) is 5.32 Å². The standard InChI is InChI=1S/C27H41NO/c1-17-5-10-25(28-16-17)18(2)22-8-9-23-21-7-6-19-15-20(29)11-13-26(19,3)24(21)12-14-27(22,23)4/h11,13,15,17-18,21-25,28H,5-10,12,14,16H2,1-4H3/t17?,18?,21-,22+,23-,24-,25?,26-,27+/m0/s1. The molecule has 4 fully saturated rings. The van der Waals surface area contributed by atoms with Gasteiger partial charge in [-0.3, -0.25) is 4.79 Å². The summed E-state index contributed by atoms with van der Waals surface area (Å²) in [5, 5.41) is 3.91.